The van der Waals surface area contributed by atoms with Crippen LogP contribution in [0.1, 0.15) is 5.56 Å². The molecule has 2 aromatic heterocycles. The van der Waals surface area contributed by atoms with E-state index >= 15 is 0 Å². The number of fused-ring (bicyclic) bond motifs is 1. The van der Waals surface area contributed by atoms with E-state index in [4.69, 9.17) is 4.74 Å². The monoisotopic (exact) mass is 418 g/mol. The number of rotatable bonds is 8. The van der Waals surface area contributed by atoms with Gasteiger partial charge in [-0.05, 0) is 6.07 Å². The summed E-state index contributed by atoms with van der Waals surface area (Å²) in [6, 6.07) is 6.22. The number of carbonyl (C=O) groups excluding carboxylic acids is 1. The fraction of sp³-hybridized carbons (Fsp3) is 0.368. The van der Waals surface area contributed by atoms with E-state index in [9.17, 15) is 18.8 Å². The molecule has 10 nitrogen and oxygen atoms in total. The molecule has 3 aromatic rings. The highest BCUT2D eigenvalue weighted by Crippen LogP contribution is 2.19. The SMILES string of the molecule is COCC(=O)NCCNc1nc2c(c(=O)n(C)c(=O)n2C)n1Cc1ccccc1F. The molecule has 0 radical (unpaired) electrons. The van der Waals surface area contributed by atoms with Crippen molar-refractivity contribution >= 4 is 23.0 Å². The lowest BCUT2D eigenvalue weighted by atomic mass is 10.2. The van der Waals surface area contributed by atoms with Gasteiger partial charge < -0.3 is 15.4 Å². The van der Waals surface area contributed by atoms with E-state index in [1.165, 1.54) is 36.4 Å². The molecular formula is C19H23FN6O4. The number of nitrogens with zero attached hydrogens (tertiary/aromatic N) is 4. The molecule has 0 aliphatic rings. The van der Waals surface area contributed by atoms with E-state index in [2.05, 4.69) is 15.6 Å². The minimum atomic E-state index is -0.529. The van der Waals surface area contributed by atoms with Crippen LogP contribution in [-0.2, 0) is 30.2 Å². The smallest absolute Gasteiger partial charge is 0.332 e. The number of anilines is 1. The predicted octanol–water partition coefficient (Wildman–Crippen LogP) is -0.204. The average molecular weight is 418 g/mol. The van der Waals surface area contributed by atoms with Gasteiger partial charge in [-0.25, -0.2) is 9.18 Å². The molecular weight excluding hydrogens is 395 g/mol. The second-order valence-electron chi connectivity index (χ2n) is 6.70. The highest BCUT2D eigenvalue weighted by molar-refractivity contribution is 5.77. The van der Waals surface area contributed by atoms with Crippen LogP contribution in [0.5, 0.6) is 0 Å². The summed E-state index contributed by atoms with van der Waals surface area (Å²) in [6.07, 6.45) is 0. The van der Waals surface area contributed by atoms with Gasteiger partial charge in [0.25, 0.3) is 5.56 Å². The first-order valence-corrected chi connectivity index (χ1v) is 9.24. The van der Waals surface area contributed by atoms with E-state index in [-0.39, 0.29) is 42.7 Å². The number of amides is 1. The Bertz CT molecular complexity index is 1200. The Kier molecular flexibility index (Phi) is 6.31. The number of halogens is 1. The lowest BCUT2D eigenvalue weighted by Crippen LogP contribution is -2.37. The topological polar surface area (TPSA) is 112 Å². The van der Waals surface area contributed by atoms with Gasteiger partial charge in [0.15, 0.2) is 11.2 Å². The molecule has 0 aliphatic heterocycles. The van der Waals surface area contributed by atoms with E-state index in [0.717, 1.165) is 4.57 Å². The third-order valence-corrected chi connectivity index (χ3v) is 4.64. The van der Waals surface area contributed by atoms with Gasteiger partial charge in [-0.15, -0.1) is 0 Å². The lowest BCUT2D eigenvalue weighted by Gasteiger charge is -2.12. The summed E-state index contributed by atoms with van der Waals surface area (Å²) in [4.78, 5) is 41.0. The van der Waals surface area contributed by atoms with Crippen molar-refractivity contribution in [1.82, 2.24) is 24.0 Å². The fourth-order valence-corrected chi connectivity index (χ4v) is 3.09. The van der Waals surface area contributed by atoms with Crippen molar-refractivity contribution in [3.63, 3.8) is 0 Å². The van der Waals surface area contributed by atoms with E-state index in [0.29, 0.717) is 12.1 Å². The average Bonchev–Trinajstić information content (AvgIpc) is 3.08. The molecule has 2 N–H and O–H groups in total. The van der Waals surface area contributed by atoms with Crippen LogP contribution < -0.4 is 21.9 Å². The standard InChI is InChI=1S/C19H23FN6O4/c1-24-16-15(17(28)25(2)19(24)29)26(10-12-6-4-5-7-13(12)20)18(23-16)22-9-8-21-14(27)11-30-3/h4-7H,8-11H2,1-3H3,(H,21,27)(H,22,23). The summed E-state index contributed by atoms with van der Waals surface area (Å²) in [5.41, 5.74) is -0.317. The molecule has 0 unspecified atom stereocenters. The predicted molar refractivity (Wildman–Crippen MR) is 109 cm³/mol. The number of hydrogen-bond acceptors (Lipinski definition) is 6. The molecule has 30 heavy (non-hydrogen) atoms. The number of ether oxygens (including phenoxy) is 1. The van der Waals surface area contributed by atoms with Gasteiger partial charge in [-0.2, -0.15) is 4.98 Å². The maximum Gasteiger partial charge on any atom is 0.332 e. The number of carbonyl (C=O) groups is 1. The number of imidazole rings is 1. The summed E-state index contributed by atoms with van der Waals surface area (Å²) in [6.45, 7) is 0.561. The van der Waals surface area contributed by atoms with Crippen molar-refractivity contribution in [1.29, 1.82) is 0 Å². The Hall–Kier alpha value is -3.47. The van der Waals surface area contributed by atoms with Crippen molar-refractivity contribution in [2.75, 3.05) is 32.1 Å². The largest absolute Gasteiger partial charge is 0.375 e. The molecule has 3 rings (SSSR count). The Morgan fingerprint density at radius 2 is 1.90 bits per heavy atom. The molecule has 0 spiro atoms. The van der Waals surface area contributed by atoms with Crippen LogP contribution in [0.25, 0.3) is 11.2 Å². The van der Waals surface area contributed by atoms with Crippen molar-refractivity contribution in [3.8, 4) is 0 Å². The van der Waals surface area contributed by atoms with E-state index in [1.807, 2.05) is 0 Å². The lowest BCUT2D eigenvalue weighted by molar-refractivity contribution is -0.124. The minimum absolute atomic E-state index is 0.0367. The maximum atomic E-state index is 14.3. The molecule has 1 aromatic carbocycles. The molecule has 0 fully saturated rings. The fourth-order valence-electron chi connectivity index (χ4n) is 3.09. The van der Waals surface area contributed by atoms with Gasteiger partial charge in [0.1, 0.15) is 12.4 Å². The Morgan fingerprint density at radius 3 is 2.60 bits per heavy atom. The number of hydrogen-bond donors (Lipinski definition) is 2. The van der Waals surface area contributed by atoms with Crippen LogP contribution in [-0.4, -0.2) is 51.4 Å². The molecule has 160 valence electrons. The summed E-state index contributed by atoms with van der Waals surface area (Å²) in [7, 11) is 4.32. The maximum absolute atomic E-state index is 14.3. The van der Waals surface area contributed by atoms with Gasteiger partial charge in [0.2, 0.25) is 11.9 Å². The van der Waals surface area contributed by atoms with Crippen LogP contribution in [0.3, 0.4) is 0 Å². The molecule has 1 amide bonds. The normalized spacial score (nSPS) is 11.1. The number of aryl methyl sites for hydroxylation is 1. The summed E-state index contributed by atoms with van der Waals surface area (Å²) in [5.74, 6) is -0.401. The molecule has 11 heteroatoms. The zero-order valence-electron chi connectivity index (χ0n) is 16.9. The highest BCUT2D eigenvalue weighted by Gasteiger charge is 2.20. The number of methoxy groups -OCH3 is 1. The second kappa shape index (κ2) is 8.91. The third-order valence-electron chi connectivity index (χ3n) is 4.64. The molecule has 0 aliphatic carbocycles. The quantitative estimate of drug-likeness (QED) is 0.490. The number of nitrogens with one attached hydrogen (secondary N) is 2. The molecule has 0 atom stereocenters. The van der Waals surface area contributed by atoms with Crippen molar-refractivity contribution in [2.24, 2.45) is 14.1 Å². The summed E-state index contributed by atoms with van der Waals surface area (Å²) < 4.78 is 22.8. The minimum Gasteiger partial charge on any atom is -0.375 e. The molecule has 0 bridgehead atoms. The van der Waals surface area contributed by atoms with Gasteiger partial charge in [0, 0.05) is 39.9 Å². The van der Waals surface area contributed by atoms with E-state index in [1.54, 1.807) is 18.2 Å². The Morgan fingerprint density at radius 1 is 1.17 bits per heavy atom. The van der Waals surface area contributed by atoms with Crippen molar-refractivity contribution < 1.29 is 13.9 Å². The second-order valence-corrected chi connectivity index (χ2v) is 6.70. The van der Waals surface area contributed by atoms with Crippen LogP contribution in [0.2, 0.25) is 0 Å². The van der Waals surface area contributed by atoms with Crippen molar-refractivity contribution in [2.45, 2.75) is 6.54 Å². The molecule has 2 heterocycles. The molecule has 0 saturated carbocycles. The first-order valence-electron chi connectivity index (χ1n) is 9.24. The van der Waals surface area contributed by atoms with Gasteiger partial charge in [-0.1, -0.05) is 18.2 Å². The first kappa shape index (κ1) is 21.2. The van der Waals surface area contributed by atoms with Crippen LogP contribution in [0.15, 0.2) is 33.9 Å². The van der Waals surface area contributed by atoms with Gasteiger partial charge >= 0.3 is 5.69 Å². The Balaban J connectivity index is 2.00. The summed E-state index contributed by atoms with van der Waals surface area (Å²) in [5, 5.41) is 5.71. The molecule has 0 saturated heterocycles. The summed E-state index contributed by atoms with van der Waals surface area (Å²) >= 11 is 0. The van der Waals surface area contributed by atoms with Crippen LogP contribution >= 0.6 is 0 Å². The highest BCUT2D eigenvalue weighted by atomic mass is 19.1. The van der Waals surface area contributed by atoms with Crippen molar-refractivity contribution in [3.05, 3.63) is 56.5 Å². The van der Waals surface area contributed by atoms with Gasteiger partial charge in [-0.3, -0.25) is 23.3 Å². The number of aromatic nitrogens is 4. The zero-order valence-corrected chi connectivity index (χ0v) is 16.9. The third kappa shape index (κ3) is 4.10. The zero-order chi connectivity index (χ0) is 21.8. The first-order chi connectivity index (χ1) is 14.3. The Labute approximate surface area is 170 Å². The number of benzene rings is 1. The van der Waals surface area contributed by atoms with Crippen LogP contribution in [0, 0.1) is 5.82 Å². The van der Waals surface area contributed by atoms with E-state index < -0.39 is 17.1 Å². The van der Waals surface area contributed by atoms with Crippen LogP contribution in [0.4, 0.5) is 10.3 Å². The van der Waals surface area contributed by atoms with Gasteiger partial charge in [0.05, 0.1) is 6.54 Å².